The van der Waals surface area contributed by atoms with E-state index in [0.29, 0.717) is 0 Å². The van der Waals surface area contributed by atoms with Crippen LogP contribution in [0.1, 0.15) is 6.92 Å². The van der Waals surface area contributed by atoms with Crippen LogP contribution in [-0.2, 0) is 9.47 Å². The van der Waals surface area contributed by atoms with Gasteiger partial charge in [0, 0.05) is 0 Å². The van der Waals surface area contributed by atoms with Crippen LogP contribution in [0.3, 0.4) is 0 Å². The lowest BCUT2D eigenvalue weighted by Gasteiger charge is -1.99. The third-order valence-corrected chi connectivity index (χ3v) is 2.03. The highest BCUT2D eigenvalue weighted by Gasteiger charge is 1.85. The van der Waals surface area contributed by atoms with Crippen LogP contribution in [0, 0.1) is 0 Å². The van der Waals surface area contributed by atoms with Gasteiger partial charge in [0.2, 0.25) is 0 Å². The number of nitrogens with zero attached hydrogens (tertiary/aromatic N) is 2. The average molecular weight is 264 g/mol. The molecule has 0 atom stereocenters. The predicted molar refractivity (Wildman–Crippen MR) is 76.2 cm³/mol. The summed E-state index contributed by atoms with van der Waals surface area (Å²) in [6.07, 6.45) is 2.97. The number of benzene rings is 1. The summed E-state index contributed by atoms with van der Waals surface area (Å²) >= 11 is 0. The molecule has 0 spiro atoms. The first kappa shape index (κ1) is 15.0. The SMILES string of the molecule is C1=NCCO1.C1=NCCO1.CCOc1ccccc1. The summed E-state index contributed by atoms with van der Waals surface area (Å²) in [6.45, 7) is 5.97. The molecule has 0 N–H and O–H groups in total. The number of para-hydroxylation sites is 1. The van der Waals surface area contributed by atoms with E-state index < -0.39 is 0 Å². The summed E-state index contributed by atoms with van der Waals surface area (Å²) in [5.41, 5.74) is 0. The predicted octanol–water partition coefficient (Wildman–Crippen LogP) is 2.18. The minimum atomic E-state index is 0.740. The maximum Gasteiger partial charge on any atom is 0.169 e. The minimum absolute atomic E-state index is 0.740. The van der Waals surface area contributed by atoms with Gasteiger partial charge >= 0.3 is 0 Å². The number of aliphatic imine (C=N–C) groups is 2. The summed E-state index contributed by atoms with van der Waals surface area (Å²) in [5, 5.41) is 0. The average Bonchev–Trinajstić information content (AvgIpc) is 3.19. The number of hydrogen-bond donors (Lipinski definition) is 0. The van der Waals surface area contributed by atoms with Crippen LogP contribution in [0.25, 0.3) is 0 Å². The van der Waals surface area contributed by atoms with Gasteiger partial charge in [-0.1, -0.05) is 18.2 Å². The van der Waals surface area contributed by atoms with Crippen molar-refractivity contribution >= 4 is 12.8 Å². The fraction of sp³-hybridized carbons (Fsp3) is 0.429. The Balaban J connectivity index is 0.000000153. The third-order valence-electron chi connectivity index (χ3n) is 2.03. The van der Waals surface area contributed by atoms with Crippen molar-refractivity contribution < 1.29 is 14.2 Å². The first-order valence-corrected chi connectivity index (χ1v) is 6.31. The van der Waals surface area contributed by atoms with Crippen molar-refractivity contribution in [2.75, 3.05) is 32.9 Å². The monoisotopic (exact) mass is 264 g/mol. The van der Waals surface area contributed by atoms with Gasteiger partial charge in [0.25, 0.3) is 0 Å². The van der Waals surface area contributed by atoms with E-state index in [1.165, 1.54) is 12.8 Å². The van der Waals surface area contributed by atoms with Crippen molar-refractivity contribution in [2.45, 2.75) is 6.92 Å². The molecular weight excluding hydrogens is 244 g/mol. The van der Waals surface area contributed by atoms with E-state index >= 15 is 0 Å². The van der Waals surface area contributed by atoms with Crippen molar-refractivity contribution in [3.05, 3.63) is 30.3 Å². The molecule has 0 radical (unpaired) electrons. The molecule has 104 valence electrons. The van der Waals surface area contributed by atoms with Gasteiger partial charge in [-0.05, 0) is 19.1 Å². The first-order chi connectivity index (χ1) is 9.43. The summed E-state index contributed by atoms with van der Waals surface area (Å²) in [4.78, 5) is 7.47. The highest BCUT2D eigenvalue weighted by molar-refractivity contribution is 5.48. The van der Waals surface area contributed by atoms with Crippen LogP contribution in [0.4, 0.5) is 0 Å². The lowest BCUT2D eigenvalue weighted by molar-refractivity contribution is 0.340. The van der Waals surface area contributed by atoms with E-state index in [4.69, 9.17) is 4.74 Å². The molecule has 0 fully saturated rings. The van der Waals surface area contributed by atoms with Crippen LogP contribution in [0.2, 0.25) is 0 Å². The molecule has 5 nitrogen and oxygen atoms in total. The van der Waals surface area contributed by atoms with Crippen molar-refractivity contribution in [1.29, 1.82) is 0 Å². The lowest BCUT2D eigenvalue weighted by Crippen LogP contribution is -1.89. The molecule has 0 amide bonds. The van der Waals surface area contributed by atoms with Gasteiger partial charge in [-0.2, -0.15) is 0 Å². The molecule has 3 rings (SSSR count). The van der Waals surface area contributed by atoms with Crippen molar-refractivity contribution in [2.24, 2.45) is 9.98 Å². The maximum absolute atomic E-state index is 5.21. The Bertz CT molecular complexity index is 338. The van der Waals surface area contributed by atoms with E-state index in [0.717, 1.165) is 38.7 Å². The molecule has 0 saturated heterocycles. The molecule has 0 aromatic heterocycles. The molecule has 1 aromatic carbocycles. The summed E-state index contributed by atoms with van der Waals surface area (Å²) in [7, 11) is 0. The zero-order valence-corrected chi connectivity index (χ0v) is 11.2. The number of hydrogen-bond acceptors (Lipinski definition) is 5. The second-order valence-electron chi connectivity index (χ2n) is 3.51. The van der Waals surface area contributed by atoms with Crippen LogP contribution in [0.5, 0.6) is 5.75 Å². The molecule has 5 heteroatoms. The Labute approximate surface area is 113 Å². The summed E-state index contributed by atoms with van der Waals surface area (Å²) in [5.74, 6) is 0.944. The first-order valence-electron chi connectivity index (χ1n) is 6.31. The van der Waals surface area contributed by atoms with Gasteiger partial charge < -0.3 is 14.2 Å². The Morgan fingerprint density at radius 1 is 1.00 bits per heavy atom. The molecule has 2 aliphatic rings. The molecule has 19 heavy (non-hydrogen) atoms. The minimum Gasteiger partial charge on any atom is -0.494 e. The zero-order valence-electron chi connectivity index (χ0n) is 11.2. The van der Waals surface area contributed by atoms with Crippen LogP contribution in [0.15, 0.2) is 40.3 Å². The van der Waals surface area contributed by atoms with E-state index in [-0.39, 0.29) is 0 Å². The van der Waals surface area contributed by atoms with E-state index in [9.17, 15) is 0 Å². The molecule has 0 unspecified atom stereocenters. The molecule has 0 bridgehead atoms. The van der Waals surface area contributed by atoms with Crippen molar-refractivity contribution in [1.82, 2.24) is 0 Å². The largest absolute Gasteiger partial charge is 0.494 e. The van der Waals surface area contributed by atoms with Gasteiger partial charge in [0.15, 0.2) is 12.8 Å². The lowest BCUT2D eigenvalue weighted by atomic mass is 10.3. The second kappa shape index (κ2) is 11.1. The highest BCUT2D eigenvalue weighted by atomic mass is 16.5. The molecule has 1 aromatic rings. The second-order valence-corrected chi connectivity index (χ2v) is 3.51. The standard InChI is InChI=1S/C8H10O.2C3H5NO/c1-2-9-8-6-4-3-5-7-8;2*1-2-5-3-4-1/h3-7H,2H2,1H3;2*3H,1-2H2. The fourth-order valence-corrected chi connectivity index (χ4v) is 1.21. The molecule has 2 aliphatic heterocycles. The van der Waals surface area contributed by atoms with Gasteiger partial charge in [-0.25, -0.2) is 0 Å². The van der Waals surface area contributed by atoms with Crippen LogP contribution >= 0.6 is 0 Å². The Kier molecular flexibility index (Phi) is 8.75. The fourth-order valence-electron chi connectivity index (χ4n) is 1.21. The quantitative estimate of drug-likeness (QED) is 0.822. The van der Waals surface area contributed by atoms with Gasteiger partial charge in [-0.3, -0.25) is 9.98 Å². The topological polar surface area (TPSA) is 52.4 Å². The van der Waals surface area contributed by atoms with Gasteiger partial charge in [0.1, 0.15) is 19.0 Å². The normalized spacial score (nSPS) is 14.4. The molecular formula is C14H20N2O3. The van der Waals surface area contributed by atoms with Crippen molar-refractivity contribution in [3.63, 3.8) is 0 Å². The summed E-state index contributed by atoms with van der Waals surface area (Å²) in [6, 6.07) is 9.80. The zero-order chi connectivity index (χ0) is 13.6. The Hall–Kier alpha value is -2.04. The maximum atomic E-state index is 5.21. The smallest absolute Gasteiger partial charge is 0.169 e. The Morgan fingerprint density at radius 3 is 1.89 bits per heavy atom. The van der Waals surface area contributed by atoms with E-state index in [1.54, 1.807) is 0 Å². The summed E-state index contributed by atoms with van der Waals surface area (Å²) < 4.78 is 14.5. The van der Waals surface area contributed by atoms with Crippen LogP contribution < -0.4 is 4.74 Å². The third kappa shape index (κ3) is 8.65. The van der Waals surface area contributed by atoms with Gasteiger partial charge in [0.05, 0.1) is 19.7 Å². The Morgan fingerprint density at radius 2 is 1.58 bits per heavy atom. The van der Waals surface area contributed by atoms with E-state index in [1.807, 2.05) is 37.3 Å². The van der Waals surface area contributed by atoms with E-state index in [2.05, 4.69) is 19.5 Å². The van der Waals surface area contributed by atoms with Crippen LogP contribution in [-0.4, -0.2) is 45.7 Å². The molecule has 2 heterocycles. The molecule has 0 aliphatic carbocycles. The van der Waals surface area contributed by atoms with Gasteiger partial charge in [-0.15, -0.1) is 0 Å². The number of ether oxygens (including phenoxy) is 3. The van der Waals surface area contributed by atoms with Crippen molar-refractivity contribution in [3.8, 4) is 5.75 Å². The number of rotatable bonds is 2. The molecule has 0 saturated carbocycles. The highest BCUT2D eigenvalue weighted by Crippen LogP contribution is 2.06.